The molecular formula is C15H17FN2. The largest absolute Gasteiger partial charge is 0.271 e. The van der Waals surface area contributed by atoms with E-state index in [0.29, 0.717) is 5.56 Å². The monoisotopic (exact) mass is 244 g/mol. The normalized spacial score (nSPS) is 12.4. The van der Waals surface area contributed by atoms with Gasteiger partial charge in [-0.05, 0) is 31.0 Å². The Hall–Kier alpha value is -1.71. The minimum absolute atomic E-state index is 0.249. The number of rotatable bonds is 3. The zero-order valence-corrected chi connectivity index (χ0v) is 10.6. The highest BCUT2D eigenvalue weighted by atomic mass is 19.1. The van der Waals surface area contributed by atoms with E-state index in [2.05, 4.69) is 5.43 Å². The fourth-order valence-electron chi connectivity index (χ4n) is 2.13. The van der Waals surface area contributed by atoms with E-state index in [-0.39, 0.29) is 11.9 Å². The van der Waals surface area contributed by atoms with Crippen LogP contribution in [-0.4, -0.2) is 0 Å². The van der Waals surface area contributed by atoms with Gasteiger partial charge in [0.25, 0.3) is 0 Å². The van der Waals surface area contributed by atoms with Crippen LogP contribution in [0.25, 0.3) is 0 Å². The van der Waals surface area contributed by atoms with Crippen LogP contribution in [0.1, 0.15) is 28.3 Å². The van der Waals surface area contributed by atoms with Crippen molar-refractivity contribution in [3.63, 3.8) is 0 Å². The fraction of sp³-hybridized carbons (Fsp3) is 0.200. The van der Waals surface area contributed by atoms with Crippen LogP contribution < -0.4 is 11.3 Å². The third-order valence-electron chi connectivity index (χ3n) is 3.13. The van der Waals surface area contributed by atoms with Crippen LogP contribution in [0.5, 0.6) is 0 Å². The van der Waals surface area contributed by atoms with Gasteiger partial charge in [0.1, 0.15) is 5.82 Å². The molecule has 18 heavy (non-hydrogen) atoms. The van der Waals surface area contributed by atoms with Gasteiger partial charge in [0.05, 0.1) is 6.04 Å². The second kappa shape index (κ2) is 5.29. The second-order valence-corrected chi connectivity index (χ2v) is 4.48. The van der Waals surface area contributed by atoms with Gasteiger partial charge in [-0.3, -0.25) is 5.84 Å². The molecule has 0 spiro atoms. The van der Waals surface area contributed by atoms with Crippen LogP contribution in [0.3, 0.4) is 0 Å². The number of hydrogen-bond acceptors (Lipinski definition) is 2. The van der Waals surface area contributed by atoms with Gasteiger partial charge < -0.3 is 0 Å². The fourth-order valence-corrected chi connectivity index (χ4v) is 2.13. The molecule has 0 heterocycles. The van der Waals surface area contributed by atoms with Crippen LogP contribution in [0.4, 0.5) is 4.39 Å². The maximum absolute atomic E-state index is 13.8. The van der Waals surface area contributed by atoms with Gasteiger partial charge in [-0.2, -0.15) is 0 Å². The quantitative estimate of drug-likeness (QED) is 0.643. The molecule has 0 aromatic heterocycles. The summed E-state index contributed by atoms with van der Waals surface area (Å²) in [4.78, 5) is 0. The predicted molar refractivity (Wildman–Crippen MR) is 71.5 cm³/mol. The Labute approximate surface area is 107 Å². The Balaban J connectivity index is 2.52. The van der Waals surface area contributed by atoms with E-state index in [9.17, 15) is 4.39 Å². The van der Waals surface area contributed by atoms with Crippen molar-refractivity contribution in [1.82, 2.24) is 5.43 Å². The number of halogens is 1. The van der Waals surface area contributed by atoms with Crippen molar-refractivity contribution in [3.8, 4) is 0 Å². The molecule has 3 N–H and O–H groups in total. The highest BCUT2D eigenvalue weighted by Crippen LogP contribution is 2.26. The van der Waals surface area contributed by atoms with E-state index in [1.165, 1.54) is 6.07 Å². The van der Waals surface area contributed by atoms with E-state index < -0.39 is 0 Å². The highest BCUT2D eigenvalue weighted by molar-refractivity contribution is 5.39. The standard InChI is InChI=1S/C15H17FN2/c1-10-7-8-11(2)13(9-10)15(18-17)12-5-3-4-6-14(12)16/h3-9,15,18H,17H2,1-2H3. The molecule has 0 aliphatic heterocycles. The molecular weight excluding hydrogens is 227 g/mol. The summed E-state index contributed by atoms with van der Waals surface area (Å²) >= 11 is 0. The minimum Gasteiger partial charge on any atom is -0.271 e. The molecule has 0 bridgehead atoms. The molecule has 2 rings (SSSR count). The summed E-state index contributed by atoms with van der Waals surface area (Å²) in [6, 6.07) is 12.5. The third kappa shape index (κ3) is 2.42. The first-order valence-electron chi connectivity index (χ1n) is 5.91. The van der Waals surface area contributed by atoms with Crippen molar-refractivity contribution in [2.45, 2.75) is 19.9 Å². The average Bonchev–Trinajstić information content (AvgIpc) is 2.36. The predicted octanol–water partition coefficient (Wildman–Crippen LogP) is 3.00. The SMILES string of the molecule is Cc1ccc(C)c(C(NN)c2ccccc2F)c1. The van der Waals surface area contributed by atoms with Crippen LogP contribution in [0.15, 0.2) is 42.5 Å². The van der Waals surface area contributed by atoms with E-state index in [0.717, 1.165) is 16.7 Å². The number of nitrogens with two attached hydrogens (primary N) is 1. The van der Waals surface area contributed by atoms with E-state index in [1.54, 1.807) is 12.1 Å². The summed E-state index contributed by atoms with van der Waals surface area (Å²) in [5, 5.41) is 0. The molecule has 2 nitrogen and oxygen atoms in total. The van der Waals surface area contributed by atoms with Crippen molar-refractivity contribution in [2.75, 3.05) is 0 Å². The van der Waals surface area contributed by atoms with Crippen LogP contribution in [0, 0.1) is 19.7 Å². The van der Waals surface area contributed by atoms with Gasteiger partial charge in [-0.25, -0.2) is 9.82 Å². The molecule has 0 fully saturated rings. The van der Waals surface area contributed by atoms with E-state index >= 15 is 0 Å². The van der Waals surface area contributed by atoms with Gasteiger partial charge in [-0.1, -0.05) is 42.0 Å². The smallest absolute Gasteiger partial charge is 0.128 e. The zero-order chi connectivity index (χ0) is 13.1. The Kier molecular flexibility index (Phi) is 3.75. The number of hydrogen-bond donors (Lipinski definition) is 2. The van der Waals surface area contributed by atoms with Gasteiger partial charge >= 0.3 is 0 Å². The van der Waals surface area contributed by atoms with E-state index in [1.807, 2.05) is 38.1 Å². The van der Waals surface area contributed by atoms with Crippen LogP contribution in [-0.2, 0) is 0 Å². The molecule has 0 saturated heterocycles. The van der Waals surface area contributed by atoms with Crippen molar-refractivity contribution < 1.29 is 4.39 Å². The molecule has 2 aromatic carbocycles. The molecule has 0 aliphatic rings. The third-order valence-corrected chi connectivity index (χ3v) is 3.13. The first-order chi connectivity index (χ1) is 8.63. The molecule has 94 valence electrons. The van der Waals surface area contributed by atoms with Crippen molar-refractivity contribution >= 4 is 0 Å². The number of aryl methyl sites for hydroxylation is 2. The molecule has 0 radical (unpaired) electrons. The second-order valence-electron chi connectivity index (χ2n) is 4.48. The molecule has 1 unspecified atom stereocenters. The summed E-state index contributed by atoms with van der Waals surface area (Å²) < 4.78 is 13.8. The lowest BCUT2D eigenvalue weighted by Crippen LogP contribution is -2.30. The maximum Gasteiger partial charge on any atom is 0.128 e. The highest BCUT2D eigenvalue weighted by Gasteiger charge is 2.17. The Morgan fingerprint density at radius 1 is 1.06 bits per heavy atom. The average molecular weight is 244 g/mol. The molecule has 3 heteroatoms. The van der Waals surface area contributed by atoms with Gasteiger partial charge in [0.2, 0.25) is 0 Å². The summed E-state index contributed by atoms with van der Waals surface area (Å²) in [7, 11) is 0. The zero-order valence-electron chi connectivity index (χ0n) is 10.6. The lowest BCUT2D eigenvalue weighted by Gasteiger charge is -2.20. The summed E-state index contributed by atoms with van der Waals surface area (Å²) in [5.41, 5.74) is 6.49. The number of benzene rings is 2. The van der Waals surface area contributed by atoms with Gasteiger partial charge in [0, 0.05) is 5.56 Å². The molecule has 2 aromatic rings. The van der Waals surface area contributed by atoms with Crippen LogP contribution >= 0.6 is 0 Å². The topological polar surface area (TPSA) is 38.0 Å². The lowest BCUT2D eigenvalue weighted by atomic mass is 9.94. The molecule has 0 amide bonds. The maximum atomic E-state index is 13.8. The first-order valence-corrected chi connectivity index (χ1v) is 5.91. The summed E-state index contributed by atoms with van der Waals surface area (Å²) in [6.45, 7) is 4.01. The summed E-state index contributed by atoms with van der Waals surface area (Å²) in [5.74, 6) is 5.36. The van der Waals surface area contributed by atoms with Crippen LogP contribution in [0.2, 0.25) is 0 Å². The first kappa shape index (κ1) is 12.7. The molecule has 0 saturated carbocycles. The van der Waals surface area contributed by atoms with Crippen molar-refractivity contribution in [1.29, 1.82) is 0 Å². The van der Waals surface area contributed by atoms with Crippen molar-refractivity contribution in [2.24, 2.45) is 5.84 Å². The summed E-state index contributed by atoms with van der Waals surface area (Å²) in [6.07, 6.45) is 0. The van der Waals surface area contributed by atoms with Gasteiger partial charge in [-0.15, -0.1) is 0 Å². The minimum atomic E-state index is -0.328. The van der Waals surface area contributed by atoms with E-state index in [4.69, 9.17) is 5.84 Å². The Morgan fingerprint density at radius 3 is 2.44 bits per heavy atom. The number of nitrogens with one attached hydrogen (secondary N) is 1. The molecule has 0 aliphatic carbocycles. The van der Waals surface area contributed by atoms with Crippen molar-refractivity contribution in [3.05, 3.63) is 70.5 Å². The molecule has 1 atom stereocenters. The number of hydrazine groups is 1. The Bertz CT molecular complexity index is 552. The lowest BCUT2D eigenvalue weighted by molar-refractivity contribution is 0.559. The Morgan fingerprint density at radius 2 is 1.78 bits per heavy atom. The van der Waals surface area contributed by atoms with Gasteiger partial charge in [0.15, 0.2) is 0 Å².